The third-order valence-electron chi connectivity index (χ3n) is 4.27. The van der Waals surface area contributed by atoms with E-state index in [-0.39, 0.29) is 5.70 Å². The Hall–Kier alpha value is -3.08. The number of rotatable bonds is 7. The summed E-state index contributed by atoms with van der Waals surface area (Å²) in [6, 6.07) is 12.6. The number of halogens is 1. The summed E-state index contributed by atoms with van der Waals surface area (Å²) in [7, 11) is 2.71. The Labute approximate surface area is 186 Å². The summed E-state index contributed by atoms with van der Waals surface area (Å²) < 4.78 is 16.7. The predicted octanol–water partition coefficient (Wildman–Crippen LogP) is 2.94. The summed E-state index contributed by atoms with van der Waals surface area (Å²) in [6.07, 6.45) is 1.52. The van der Waals surface area contributed by atoms with Crippen LogP contribution in [0.3, 0.4) is 0 Å². The zero-order chi connectivity index (χ0) is 21.7. The minimum absolute atomic E-state index is 0.0553. The van der Waals surface area contributed by atoms with E-state index in [0.29, 0.717) is 23.7 Å². The normalized spacial score (nSPS) is 14.6. The molecule has 1 N–H and O–H groups in total. The number of nitrogens with zero attached hydrogens (tertiary/aromatic N) is 1. The number of esters is 1. The van der Waals surface area contributed by atoms with Crippen molar-refractivity contribution in [3.8, 4) is 11.5 Å². The Morgan fingerprint density at radius 2 is 1.90 bits per heavy atom. The molecule has 1 heterocycles. The van der Waals surface area contributed by atoms with Crippen LogP contribution in [0.5, 0.6) is 11.5 Å². The van der Waals surface area contributed by atoms with E-state index in [2.05, 4.69) is 32.6 Å². The minimum Gasteiger partial charge on any atom is -0.493 e. The first-order valence-electron chi connectivity index (χ1n) is 8.88. The van der Waals surface area contributed by atoms with Gasteiger partial charge >= 0.3 is 12.0 Å². The predicted molar refractivity (Wildman–Crippen MR) is 117 cm³/mol. The van der Waals surface area contributed by atoms with Gasteiger partial charge in [-0.05, 0) is 51.9 Å². The number of carbonyl (C=O) groups is 3. The summed E-state index contributed by atoms with van der Waals surface area (Å²) in [6.45, 7) is -0.0731. The number of benzene rings is 2. The Morgan fingerprint density at radius 3 is 2.57 bits per heavy atom. The fourth-order valence-corrected chi connectivity index (χ4v) is 3.55. The Morgan fingerprint density at radius 1 is 1.17 bits per heavy atom. The average Bonchev–Trinajstić information content (AvgIpc) is 3.00. The second-order valence-corrected chi connectivity index (χ2v) is 7.43. The molecule has 2 aromatic carbocycles. The molecule has 0 bridgehead atoms. The van der Waals surface area contributed by atoms with Gasteiger partial charge in [-0.15, -0.1) is 0 Å². The van der Waals surface area contributed by atoms with Gasteiger partial charge in [0.15, 0.2) is 11.5 Å². The maximum atomic E-state index is 12.4. The van der Waals surface area contributed by atoms with Crippen molar-refractivity contribution in [1.29, 1.82) is 0 Å². The van der Waals surface area contributed by atoms with Crippen molar-refractivity contribution in [1.82, 2.24) is 10.2 Å². The monoisotopic (exact) mass is 522 g/mol. The molecule has 3 amide bonds. The Balaban J connectivity index is 1.81. The molecule has 3 rings (SSSR count). The van der Waals surface area contributed by atoms with Gasteiger partial charge in [-0.1, -0.05) is 30.3 Å². The van der Waals surface area contributed by atoms with Crippen LogP contribution < -0.4 is 14.8 Å². The van der Waals surface area contributed by atoms with Crippen molar-refractivity contribution >= 4 is 46.6 Å². The van der Waals surface area contributed by atoms with Crippen LogP contribution in [-0.2, 0) is 20.9 Å². The molecule has 8 nitrogen and oxygen atoms in total. The zero-order valence-electron chi connectivity index (χ0n) is 16.3. The number of amides is 3. The second kappa shape index (κ2) is 9.61. The highest BCUT2D eigenvalue weighted by Crippen LogP contribution is 2.35. The number of nitrogens with one attached hydrogen (secondary N) is 1. The van der Waals surface area contributed by atoms with Gasteiger partial charge in [0.25, 0.3) is 5.91 Å². The lowest BCUT2D eigenvalue weighted by Gasteiger charge is -2.14. The summed E-state index contributed by atoms with van der Waals surface area (Å²) >= 11 is 2.12. The standard InChI is InChI=1S/C21H19IN2O6/c1-28-17-10-14(8-15(22)19(17)30-12-13-6-4-3-5-7-13)9-16-20(26)24(21(27)23-16)11-18(25)29-2/h3-10H,11-12H2,1-2H3,(H,23,27)/b16-9+. The molecule has 1 saturated heterocycles. The van der Waals surface area contributed by atoms with E-state index in [1.165, 1.54) is 20.3 Å². The number of urea groups is 1. The van der Waals surface area contributed by atoms with Crippen molar-refractivity contribution in [2.24, 2.45) is 0 Å². The van der Waals surface area contributed by atoms with Crippen LogP contribution in [0.25, 0.3) is 6.08 Å². The number of methoxy groups -OCH3 is 2. The van der Waals surface area contributed by atoms with Crippen molar-refractivity contribution in [3.63, 3.8) is 0 Å². The topological polar surface area (TPSA) is 94.2 Å². The molecule has 0 saturated carbocycles. The summed E-state index contributed by atoms with van der Waals surface area (Å²) in [5, 5.41) is 2.47. The Bertz CT molecular complexity index is 1010. The largest absolute Gasteiger partial charge is 0.493 e. The molecule has 1 fully saturated rings. The lowest BCUT2D eigenvalue weighted by atomic mass is 10.1. The van der Waals surface area contributed by atoms with Gasteiger partial charge in [-0.3, -0.25) is 9.59 Å². The highest BCUT2D eigenvalue weighted by atomic mass is 127. The van der Waals surface area contributed by atoms with Gasteiger partial charge in [-0.2, -0.15) is 0 Å². The van der Waals surface area contributed by atoms with Crippen LogP contribution in [-0.4, -0.2) is 43.6 Å². The van der Waals surface area contributed by atoms with Crippen LogP contribution in [0.2, 0.25) is 0 Å². The average molecular weight is 522 g/mol. The molecule has 9 heteroatoms. The molecule has 0 unspecified atom stereocenters. The van der Waals surface area contributed by atoms with Crippen molar-refractivity contribution in [2.75, 3.05) is 20.8 Å². The minimum atomic E-state index is -0.684. The molecule has 0 radical (unpaired) electrons. The van der Waals surface area contributed by atoms with E-state index in [0.717, 1.165) is 14.0 Å². The second-order valence-electron chi connectivity index (χ2n) is 6.26. The summed E-state index contributed by atoms with van der Waals surface area (Å²) in [5.74, 6) is -0.217. The van der Waals surface area contributed by atoms with Crippen LogP contribution in [0.4, 0.5) is 4.79 Å². The molecule has 30 heavy (non-hydrogen) atoms. The quantitative estimate of drug-likeness (QED) is 0.260. The molecule has 0 spiro atoms. The molecule has 2 aromatic rings. The first kappa shape index (κ1) is 21.6. The lowest BCUT2D eigenvalue weighted by Crippen LogP contribution is -2.36. The third kappa shape index (κ3) is 4.90. The van der Waals surface area contributed by atoms with Gasteiger partial charge in [0.2, 0.25) is 0 Å². The number of hydrogen-bond donors (Lipinski definition) is 1. The summed E-state index contributed by atoms with van der Waals surface area (Å²) in [5.41, 5.74) is 1.71. The van der Waals surface area contributed by atoms with Crippen LogP contribution in [0.15, 0.2) is 48.2 Å². The first-order valence-corrected chi connectivity index (χ1v) is 9.96. The maximum Gasteiger partial charge on any atom is 0.329 e. The molecule has 0 aromatic heterocycles. The number of imide groups is 1. The lowest BCUT2D eigenvalue weighted by molar-refractivity contribution is -0.143. The van der Waals surface area contributed by atoms with Crippen molar-refractivity contribution < 1.29 is 28.6 Å². The van der Waals surface area contributed by atoms with E-state index in [1.807, 2.05) is 30.3 Å². The number of ether oxygens (including phenoxy) is 3. The van der Waals surface area contributed by atoms with Crippen molar-refractivity contribution in [2.45, 2.75) is 6.61 Å². The molecule has 1 aliphatic rings. The maximum absolute atomic E-state index is 12.4. The zero-order valence-corrected chi connectivity index (χ0v) is 18.5. The first-order chi connectivity index (χ1) is 14.4. The van der Waals surface area contributed by atoms with Crippen molar-refractivity contribution in [3.05, 3.63) is 62.9 Å². The summed E-state index contributed by atoms with van der Waals surface area (Å²) in [4.78, 5) is 36.6. The highest BCUT2D eigenvalue weighted by Gasteiger charge is 2.35. The van der Waals surface area contributed by atoms with Gasteiger partial charge in [-0.25, -0.2) is 9.69 Å². The molecule has 1 aliphatic heterocycles. The molecular formula is C21H19IN2O6. The third-order valence-corrected chi connectivity index (χ3v) is 5.07. The van der Waals surface area contributed by atoms with E-state index < -0.39 is 24.5 Å². The van der Waals surface area contributed by atoms with Crippen LogP contribution in [0, 0.1) is 3.57 Å². The molecular weight excluding hydrogens is 503 g/mol. The number of carbonyl (C=O) groups excluding carboxylic acids is 3. The van der Waals surface area contributed by atoms with Crippen LogP contribution in [0.1, 0.15) is 11.1 Å². The molecule has 0 aliphatic carbocycles. The van der Waals surface area contributed by atoms with Gasteiger partial charge in [0.05, 0.1) is 17.8 Å². The molecule has 0 atom stereocenters. The number of hydrogen-bond acceptors (Lipinski definition) is 6. The van der Waals surface area contributed by atoms with E-state index in [4.69, 9.17) is 9.47 Å². The van der Waals surface area contributed by atoms with Gasteiger partial charge < -0.3 is 19.5 Å². The van der Waals surface area contributed by atoms with Gasteiger partial charge in [0, 0.05) is 0 Å². The smallest absolute Gasteiger partial charge is 0.329 e. The fraction of sp³-hybridized carbons (Fsp3) is 0.190. The van der Waals surface area contributed by atoms with E-state index in [9.17, 15) is 14.4 Å². The van der Waals surface area contributed by atoms with E-state index >= 15 is 0 Å². The van der Waals surface area contributed by atoms with E-state index in [1.54, 1.807) is 12.1 Å². The van der Waals surface area contributed by atoms with Crippen LogP contribution >= 0.6 is 22.6 Å². The Kier molecular flexibility index (Phi) is 6.93. The van der Waals surface area contributed by atoms with Gasteiger partial charge in [0.1, 0.15) is 18.8 Å². The highest BCUT2D eigenvalue weighted by molar-refractivity contribution is 14.1. The SMILES string of the molecule is COC(=O)CN1C(=O)N/C(=C/c2cc(I)c(OCc3ccccc3)c(OC)c2)C1=O. The fourth-order valence-electron chi connectivity index (χ4n) is 2.77. The molecule has 156 valence electrons.